The molecule has 2 amide bonds. The van der Waals surface area contributed by atoms with Crippen LogP contribution in [0.3, 0.4) is 0 Å². The number of piperidine rings is 1. The summed E-state index contributed by atoms with van der Waals surface area (Å²) in [4.78, 5) is 30.9. The maximum atomic E-state index is 13.4. The first-order chi connectivity index (χ1) is 18.0. The van der Waals surface area contributed by atoms with E-state index in [1.807, 2.05) is 30.3 Å². The minimum atomic E-state index is -0.192. The van der Waals surface area contributed by atoms with Gasteiger partial charge in [-0.2, -0.15) is 0 Å². The molecule has 5 rings (SSSR count). The van der Waals surface area contributed by atoms with Crippen LogP contribution in [0.4, 0.5) is 0 Å². The molecule has 37 heavy (non-hydrogen) atoms. The van der Waals surface area contributed by atoms with Crippen molar-refractivity contribution in [2.24, 2.45) is 11.3 Å². The number of nitrogens with zero attached hydrogens (tertiary/aromatic N) is 2. The first-order valence-electron chi connectivity index (χ1n) is 13.7. The van der Waals surface area contributed by atoms with Gasteiger partial charge in [-0.05, 0) is 74.9 Å². The van der Waals surface area contributed by atoms with Gasteiger partial charge in [-0.1, -0.05) is 58.4 Å². The van der Waals surface area contributed by atoms with Gasteiger partial charge in [0.2, 0.25) is 11.8 Å². The zero-order chi connectivity index (χ0) is 25.7. The highest BCUT2D eigenvalue weighted by Gasteiger charge is 2.47. The number of hydrogen-bond acceptors (Lipinski definition) is 4. The molecule has 3 fully saturated rings. The molecule has 0 radical (unpaired) electrons. The van der Waals surface area contributed by atoms with Gasteiger partial charge >= 0.3 is 0 Å². The topological polar surface area (TPSA) is 61.9 Å². The van der Waals surface area contributed by atoms with Crippen LogP contribution in [0.5, 0.6) is 0 Å². The quantitative estimate of drug-likeness (QED) is 0.491. The lowest BCUT2D eigenvalue weighted by atomic mass is 9.77. The second kappa shape index (κ2) is 12.1. The standard InChI is InChI=1S/C30H38BrN3O3/c31-26-8-6-23(7-9-26)22-34-19-15-30(29(34)36)13-17-33(18-14-30)16-10-27(24-4-2-1-3-5-24)32-28(35)25-11-20-37-21-12-25/h1-9,25,27H,10-22H2,(H,32,35). The van der Waals surface area contributed by atoms with Crippen molar-refractivity contribution in [1.82, 2.24) is 15.1 Å². The van der Waals surface area contributed by atoms with Crippen LogP contribution in [-0.2, 0) is 20.9 Å². The molecule has 3 saturated heterocycles. The molecule has 7 heteroatoms. The number of amides is 2. The molecule has 6 nitrogen and oxygen atoms in total. The Morgan fingerprint density at radius 3 is 2.38 bits per heavy atom. The molecule has 198 valence electrons. The molecule has 0 aliphatic carbocycles. The summed E-state index contributed by atoms with van der Waals surface area (Å²) in [7, 11) is 0. The molecule has 1 unspecified atom stereocenters. The molecule has 3 aliphatic heterocycles. The summed E-state index contributed by atoms with van der Waals surface area (Å²) in [6.07, 6.45) is 5.28. The third-order valence-corrected chi connectivity index (χ3v) is 9.07. The zero-order valence-corrected chi connectivity index (χ0v) is 23.1. The third-order valence-electron chi connectivity index (χ3n) is 8.55. The van der Waals surface area contributed by atoms with Crippen molar-refractivity contribution in [1.29, 1.82) is 0 Å². The first kappa shape index (κ1) is 26.4. The highest BCUT2D eigenvalue weighted by Crippen LogP contribution is 2.42. The van der Waals surface area contributed by atoms with Gasteiger partial charge in [0.05, 0.1) is 11.5 Å². The lowest BCUT2D eigenvalue weighted by molar-refractivity contribution is -0.139. The zero-order valence-electron chi connectivity index (χ0n) is 21.5. The number of rotatable bonds is 8. The van der Waals surface area contributed by atoms with Gasteiger partial charge in [-0.25, -0.2) is 0 Å². The Labute approximate surface area is 228 Å². The fourth-order valence-corrected chi connectivity index (χ4v) is 6.36. The summed E-state index contributed by atoms with van der Waals surface area (Å²) < 4.78 is 6.50. The van der Waals surface area contributed by atoms with E-state index in [4.69, 9.17) is 4.74 Å². The molecule has 0 aromatic heterocycles. The summed E-state index contributed by atoms with van der Waals surface area (Å²) in [5.41, 5.74) is 2.15. The molecular formula is C30H38BrN3O3. The second-order valence-corrected chi connectivity index (χ2v) is 11.8. The van der Waals surface area contributed by atoms with Crippen molar-refractivity contribution in [3.63, 3.8) is 0 Å². The number of ether oxygens (including phenoxy) is 1. The Morgan fingerprint density at radius 2 is 1.68 bits per heavy atom. The Balaban J connectivity index is 1.14. The molecule has 2 aromatic rings. The summed E-state index contributed by atoms with van der Waals surface area (Å²) >= 11 is 3.49. The smallest absolute Gasteiger partial charge is 0.229 e. The normalized spacial score (nSPS) is 21.3. The lowest BCUT2D eigenvalue weighted by Crippen LogP contribution is -2.45. The number of likely N-dealkylation sites (tertiary alicyclic amines) is 2. The minimum absolute atomic E-state index is 0.00180. The summed E-state index contributed by atoms with van der Waals surface area (Å²) in [6, 6.07) is 18.6. The molecule has 1 atom stereocenters. The van der Waals surface area contributed by atoms with Crippen LogP contribution in [0.2, 0.25) is 0 Å². The van der Waals surface area contributed by atoms with Gasteiger partial charge in [0, 0.05) is 43.2 Å². The lowest BCUT2D eigenvalue weighted by Gasteiger charge is -2.38. The van der Waals surface area contributed by atoms with Crippen LogP contribution >= 0.6 is 15.9 Å². The molecular weight excluding hydrogens is 530 g/mol. The van der Waals surface area contributed by atoms with E-state index in [0.29, 0.717) is 25.7 Å². The van der Waals surface area contributed by atoms with E-state index in [9.17, 15) is 9.59 Å². The van der Waals surface area contributed by atoms with Gasteiger partial charge in [-0.3, -0.25) is 9.59 Å². The maximum Gasteiger partial charge on any atom is 0.229 e. The van der Waals surface area contributed by atoms with E-state index in [1.165, 1.54) is 5.56 Å². The fraction of sp³-hybridized carbons (Fsp3) is 0.533. The molecule has 1 spiro atoms. The number of carbonyl (C=O) groups excluding carboxylic acids is 2. The Bertz CT molecular complexity index is 1050. The van der Waals surface area contributed by atoms with Crippen molar-refractivity contribution in [3.05, 3.63) is 70.2 Å². The summed E-state index contributed by atoms with van der Waals surface area (Å²) in [5.74, 6) is 0.529. The van der Waals surface area contributed by atoms with E-state index in [2.05, 4.69) is 55.3 Å². The van der Waals surface area contributed by atoms with Crippen molar-refractivity contribution in [2.75, 3.05) is 39.4 Å². The summed E-state index contributed by atoms with van der Waals surface area (Å²) in [6.45, 7) is 5.68. The number of benzene rings is 2. The monoisotopic (exact) mass is 567 g/mol. The number of carbonyl (C=O) groups is 2. The number of halogens is 1. The van der Waals surface area contributed by atoms with Crippen LogP contribution in [0.15, 0.2) is 59.1 Å². The average molecular weight is 569 g/mol. The molecule has 3 aliphatic rings. The maximum absolute atomic E-state index is 13.4. The summed E-state index contributed by atoms with van der Waals surface area (Å²) in [5, 5.41) is 3.35. The highest BCUT2D eigenvalue weighted by molar-refractivity contribution is 9.10. The number of nitrogens with one attached hydrogen (secondary N) is 1. The van der Waals surface area contributed by atoms with Gasteiger partial charge in [0.25, 0.3) is 0 Å². The highest BCUT2D eigenvalue weighted by atomic mass is 79.9. The van der Waals surface area contributed by atoms with Crippen molar-refractivity contribution in [3.8, 4) is 0 Å². The molecule has 0 bridgehead atoms. The first-order valence-corrected chi connectivity index (χ1v) is 14.5. The SMILES string of the molecule is O=C(NC(CCN1CCC2(CC1)CCN(Cc1ccc(Br)cc1)C2=O)c1ccccc1)C1CCOCC1. The molecule has 3 heterocycles. The van der Waals surface area contributed by atoms with E-state index in [-0.39, 0.29) is 23.3 Å². The molecule has 1 N–H and O–H groups in total. The van der Waals surface area contributed by atoms with E-state index < -0.39 is 0 Å². The van der Waals surface area contributed by atoms with Crippen LogP contribution < -0.4 is 5.32 Å². The molecule has 0 saturated carbocycles. The molecule has 2 aromatic carbocycles. The van der Waals surface area contributed by atoms with Crippen molar-refractivity contribution < 1.29 is 14.3 Å². The minimum Gasteiger partial charge on any atom is -0.381 e. The van der Waals surface area contributed by atoms with Crippen LogP contribution in [-0.4, -0.2) is 61.0 Å². The fourth-order valence-electron chi connectivity index (χ4n) is 6.09. The third kappa shape index (κ3) is 6.44. The van der Waals surface area contributed by atoms with Crippen LogP contribution in [0.25, 0.3) is 0 Å². The van der Waals surface area contributed by atoms with Gasteiger partial charge in [-0.15, -0.1) is 0 Å². The van der Waals surface area contributed by atoms with Gasteiger partial charge in [0.1, 0.15) is 0 Å². The second-order valence-electron chi connectivity index (χ2n) is 10.9. The Kier molecular flexibility index (Phi) is 8.63. The van der Waals surface area contributed by atoms with Crippen molar-refractivity contribution >= 4 is 27.7 Å². The average Bonchev–Trinajstić information content (AvgIpc) is 3.23. The van der Waals surface area contributed by atoms with Gasteiger partial charge < -0.3 is 19.9 Å². The van der Waals surface area contributed by atoms with Crippen LogP contribution in [0, 0.1) is 11.3 Å². The number of hydrogen-bond donors (Lipinski definition) is 1. The van der Waals surface area contributed by atoms with E-state index >= 15 is 0 Å². The van der Waals surface area contributed by atoms with Crippen molar-refractivity contribution in [2.45, 2.75) is 51.1 Å². The van der Waals surface area contributed by atoms with Gasteiger partial charge in [0.15, 0.2) is 0 Å². The Hall–Kier alpha value is -2.22. The largest absolute Gasteiger partial charge is 0.381 e. The van der Waals surface area contributed by atoms with E-state index in [0.717, 1.165) is 74.7 Å². The van der Waals surface area contributed by atoms with E-state index in [1.54, 1.807) is 0 Å². The predicted octanol–water partition coefficient (Wildman–Crippen LogP) is 4.94. The Morgan fingerprint density at radius 1 is 1.00 bits per heavy atom. The predicted molar refractivity (Wildman–Crippen MR) is 148 cm³/mol. The van der Waals surface area contributed by atoms with Crippen LogP contribution in [0.1, 0.15) is 55.7 Å².